The summed E-state index contributed by atoms with van der Waals surface area (Å²) >= 11 is 0. The molecule has 15 heavy (non-hydrogen) atoms. The smallest absolute Gasteiger partial charge is 0.0396 e. The Morgan fingerprint density at radius 3 is 2.47 bits per heavy atom. The van der Waals surface area contributed by atoms with Crippen LogP contribution in [0.2, 0.25) is 0 Å². The topological polar surface area (TPSA) is 3.24 Å². The summed E-state index contributed by atoms with van der Waals surface area (Å²) in [6, 6.07) is 6.63. The second-order valence-electron chi connectivity index (χ2n) is 4.01. The zero-order valence-corrected chi connectivity index (χ0v) is 10.5. The number of hydrogen-bond acceptors (Lipinski definition) is 1. The van der Waals surface area contributed by atoms with E-state index < -0.39 is 0 Å². The molecule has 0 radical (unpaired) electrons. The Bertz CT molecular complexity index is 364. The van der Waals surface area contributed by atoms with Gasteiger partial charge in [0.1, 0.15) is 0 Å². The molecule has 1 aromatic rings. The number of benzene rings is 1. The normalized spacial score (nSPS) is 11.7. The minimum Gasteiger partial charge on any atom is -0.375 e. The van der Waals surface area contributed by atoms with Gasteiger partial charge < -0.3 is 4.90 Å². The molecule has 0 aliphatic rings. The molecule has 0 aliphatic carbocycles. The highest BCUT2D eigenvalue weighted by atomic mass is 15.1. The van der Waals surface area contributed by atoms with Crippen LogP contribution in [-0.4, -0.2) is 18.5 Å². The molecule has 0 saturated carbocycles. The van der Waals surface area contributed by atoms with E-state index in [9.17, 15) is 0 Å². The van der Waals surface area contributed by atoms with Crippen molar-refractivity contribution >= 4 is 5.70 Å². The highest BCUT2D eigenvalue weighted by molar-refractivity contribution is 5.66. The first-order valence-corrected chi connectivity index (χ1v) is 5.55. The molecule has 1 heteroatoms. The van der Waals surface area contributed by atoms with Gasteiger partial charge in [-0.15, -0.1) is 0 Å². The van der Waals surface area contributed by atoms with Gasteiger partial charge in [-0.05, 0) is 33.3 Å². The van der Waals surface area contributed by atoms with Gasteiger partial charge in [0, 0.05) is 24.9 Å². The van der Waals surface area contributed by atoms with Crippen LogP contribution in [-0.2, 0) is 0 Å². The predicted octanol–water partition coefficient (Wildman–Crippen LogP) is 3.62. The fourth-order valence-corrected chi connectivity index (χ4v) is 1.85. The molecule has 0 heterocycles. The summed E-state index contributed by atoms with van der Waals surface area (Å²) in [6.07, 6.45) is 2.18. The van der Waals surface area contributed by atoms with Crippen molar-refractivity contribution in [3.63, 3.8) is 0 Å². The summed E-state index contributed by atoms with van der Waals surface area (Å²) < 4.78 is 0. The van der Waals surface area contributed by atoms with Crippen LogP contribution in [0.4, 0.5) is 0 Å². The number of aryl methyl sites for hydroxylation is 2. The van der Waals surface area contributed by atoms with Crippen molar-refractivity contribution < 1.29 is 0 Å². The molecule has 1 rings (SSSR count). The Morgan fingerprint density at radius 2 is 2.00 bits per heavy atom. The Labute approximate surface area is 93.4 Å². The van der Waals surface area contributed by atoms with Crippen LogP contribution >= 0.6 is 0 Å². The molecule has 0 spiro atoms. The maximum Gasteiger partial charge on any atom is 0.0396 e. The molecule has 1 aromatic carbocycles. The molecule has 0 aliphatic heterocycles. The molecule has 1 nitrogen and oxygen atoms in total. The number of nitrogens with zero attached hydrogens (tertiary/aromatic N) is 1. The van der Waals surface area contributed by atoms with Crippen molar-refractivity contribution in [1.82, 2.24) is 4.90 Å². The quantitative estimate of drug-likeness (QED) is 0.725. The van der Waals surface area contributed by atoms with Crippen LogP contribution in [0.25, 0.3) is 5.70 Å². The standard InChI is InChI=1S/C14H21N/c1-6-14(15(5)7-2)13-9-8-11(3)10-12(13)4/h6,8-10H,7H2,1-5H3/b14-6-. The van der Waals surface area contributed by atoms with Crippen LogP contribution < -0.4 is 0 Å². The first-order chi connectivity index (χ1) is 7.10. The van der Waals surface area contributed by atoms with Gasteiger partial charge in [-0.2, -0.15) is 0 Å². The lowest BCUT2D eigenvalue weighted by Crippen LogP contribution is -2.16. The third kappa shape index (κ3) is 2.62. The number of rotatable bonds is 3. The van der Waals surface area contributed by atoms with Gasteiger partial charge in [-0.3, -0.25) is 0 Å². The molecule has 0 saturated heterocycles. The zero-order chi connectivity index (χ0) is 11.4. The van der Waals surface area contributed by atoms with E-state index in [1.807, 2.05) is 0 Å². The molecule has 0 aromatic heterocycles. The monoisotopic (exact) mass is 203 g/mol. The Balaban J connectivity index is 3.14. The second-order valence-corrected chi connectivity index (χ2v) is 4.01. The van der Waals surface area contributed by atoms with E-state index in [1.165, 1.54) is 22.4 Å². The van der Waals surface area contributed by atoms with E-state index in [2.05, 4.69) is 63.9 Å². The lowest BCUT2D eigenvalue weighted by molar-refractivity contribution is 0.508. The summed E-state index contributed by atoms with van der Waals surface area (Å²) in [7, 11) is 2.13. The van der Waals surface area contributed by atoms with E-state index in [4.69, 9.17) is 0 Å². The van der Waals surface area contributed by atoms with Crippen molar-refractivity contribution in [2.24, 2.45) is 0 Å². The lowest BCUT2D eigenvalue weighted by atomic mass is 10.0. The van der Waals surface area contributed by atoms with Crippen LogP contribution in [0.15, 0.2) is 24.3 Å². The molecule has 0 N–H and O–H groups in total. The molecule has 0 unspecified atom stereocenters. The van der Waals surface area contributed by atoms with Crippen molar-refractivity contribution in [2.75, 3.05) is 13.6 Å². The van der Waals surface area contributed by atoms with Crippen molar-refractivity contribution in [3.05, 3.63) is 41.0 Å². The van der Waals surface area contributed by atoms with E-state index in [0.29, 0.717) is 0 Å². The summed E-state index contributed by atoms with van der Waals surface area (Å²) in [5.74, 6) is 0. The largest absolute Gasteiger partial charge is 0.375 e. The Morgan fingerprint density at radius 1 is 1.33 bits per heavy atom. The highest BCUT2D eigenvalue weighted by Gasteiger charge is 2.07. The van der Waals surface area contributed by atoms with E-state index in [-0.39, 0.29) is 0 Å². The third-order valence-corrected chi connectivity index (χ3v) is 2.82. The van der Waals surface area contributed by atoms with Crippen LogP contribution in [0.1, 0.15) is 30.5 Å². The average Bonchev–Trinajstić information content (AvgIpc) is 2.21. The molecular weight excluding hydrogens is 182 g/mol. The molecule has 82 valence electrons. The minimum atomic E-state index is 1.03. The third-order valence-electron chi connectivity index (χ3n) is 2.82. The van der Waals surface area contributed by atoms with Crippen LogP contribution in [0, 0.1) is 13.8 Å². The molecule has 0 atom stereocenters. The summed E-state index contributed by atoms with van der Waals surface area (Å²) in [6.45, 7) is 9.62. The first-order valence-electron chi connectivity index (χ1n) is 5.55. The Kier molecular flexibility index (Phi) is 3.96. The maximum absolute atomic E-state index is 2.28. The fraction of sp³-hybridized carbons (Fsp3) is 0.429. The minimum absolute atomic E-state index is 1.03. The summed E-state index contributed by atoms with van der Waals surface area (Å²) in [5, 5.41) is 0. The van der Waals surface area contributed by atoms with Crippen LogP contribution in [0.3, 0.4) is 0 Å². The van der Waals surface area contributed by atoms with Crippen molar-refractivity contribution in [3.8, 4) is 0 Å². The average molecular weight is 203 g/mol. The molecule has 0 bridgehead atoms. The van der Waals surface area contributed by atoms with E-state index >= 15 is 0 Å². The van der Waals surface area contributed by atoms with Crippen molar-refractivity contribution in [2.45, 2.75) is 27.7 Å². The maximum atomic E-state index is 2.28. The van der Waals surface area contributed by atoms with Crippen LogP contribution in [0.5, 0.6) is 0 Å². The first kappa shape index (κ1) is 11.8. The number of allylic oxidation sites excluding steroid dienone is 1. The second kappa shape index (κ2) is 5.01. The van der Waals surface area contributed by atoms with Gasteiger partial charge in [-0.25, -0.2) is 0 Å². The summed E-state index contributed by atoms with van der Waals surface area (Å²) in [5.41, 5.74) is 5.33. The fourth-order valence-electron chi connectivity index (χ4n) is 1.85. The highest BCUT2D eigenvalue weighted by Crippen LogP contribution is 2.22. The van der Waals surface area contributed by atoms with E-state index in [0.717, 1.165) is 6.54 Å². The van der Waals surface area contributed by atoms with Gasteiger partial charge >= 0.3 is 0 Å². The van der Waals surface area contributed by atoms with E-state index in [1.54, 1.807) is 0 Å². The molecular formula is C14H21N. The number of hydrogen-bond donors (Lipinski definition) is 0. The van der Waals surface area contributed by atoms with Gasteiger partial charge in [0.15, 0.2) is 0 Å². The molecule has 0 fully saturated rings. The zero-order valence-electron chi connectivity index (χ0n) is 10.5. The summed E-state index contributed by atoms with van der Waals surface area (Å²) in [4.78, 5) is 2.28. The predicted molar refractivity (Wildman–Crippen MR) is 67.9 cm³/mol. The van der Waals surface area contributed by atoms with Gasteiger partial charge in [-0.1, -0.05) is 29.8 Å². The van der Waals surface area contributed by atoms with Gasteiger partial charge in [0.2, 0.25) is 0 Å². The van der Waals surface area contributed by atoms with Gasteiger partial charge in [0.05, 0.1) is 0 Å². The lowest BCUT2D eigenvalue weighted by Gasteiger charge is -2.22. The molecule has 0 amide bonds. The Hall–Kier alpha value is -1.24. The van der Waals surface area contributed by atoms with Crippen molar-refractivity contribution in [1.29, 1.82) is 0 Å². The van der Waals surface area contributed by atoms with Gasteiger partial charge in [0.25, 0.3) is 0 Å². The SMILES string of the molecule is C/C=C(/c1ccc(C)cc1C)N(C)CC.